The van der Waals surface area contributed by atoms with Crippen LogP contribution in [0, 0.1) is 5.92 Å². The highest BCUT2D eigenvalue weighted by atomic mass is 35.5. The maximum atomic E-state index is 11.8. The molecular weight excluding hydrogens is 300 g/mol. The van der Waals surface area contributed by atoms with Crippen LogP contribution >= 0.6 is 11.6 Å². The first-order valence-electron chi connectivity index (χ1n) is 7.33. The summed E-state index contributed by atoms with van der Waals surface area (Å²) in [6.45, 7) is 14.2. The van der Waals surface area contributed by atoms with E-state index in [0.717, 1.165) is 13.1 Å². The maximum absolute atomic E-state index is 11.8. The predicted octanol–water partition coefficient (Wildman–Crippen LogP) is 2.54. The van der Waals surface area contributed by atoms with Crippen LogP contribution in [0.25, 0.3) is 0 Å². The third-order valence-corrected chi connectivity index (χ3v) is 3.91. The van der Waals surface area contributed by atoms with Crippen LogP contribution in [-0.4, -0.2) is 40.4 Å². The van der Waals surface area contributed by atoms with E-state index in [2.05, 4.69) is 42.3 Å². The fourth-order valence-corrected chi connectivity index (χ4v) is 2.55. The van der Waals surface area contributed by atoms with E-state index in [-0.39, 0.29) is 16.6 Å². The number of hydrogen-bond acceptors (Lipinski definition) is 4. The molecular formula is C16H25ClN4O. The number of hydrogen-bond donors (Lipinski definition) is 1. The summed E-state index contributed by atoms with van der Waals surface area (Å²) in [7, 11) is 1.57. The van der Waals surface area contributed by atoms with E-state index < -0.39 is 0 Å². The van der Waals surface area contributed by atoms with Crippen molar-refractivity contribution in [1.82, 2.24) is 14.7 Å². The Bertz CT molecular complexity index is 558. The minimum atomic E-state index is -0.304. The lowest BCUT2D eigenvalue weighted by atomic mass is 10.0. The molecule has 122 valence electrons. The van der Waals surface area contributed by atoms with Gasteiger partial charge >= 0.3 is 0 Å². The molecule has 22 heavy (non-hydrogen) atoms. The molecule has 0 radical (unpaired) electrons. The Labute approximate surface area is 137 Å². The maximum Gasteiger partial charge on any atom is 0.287 e. The lowest BCUT2D eigenvalue weighted by Crippen LogP contribution is -2.44. The predicted molar refractivity (Wildman–Crippen MR) is 93.6 cm³/mol. The monoisotopic (exact) mass is 324 g/mol. The van der Waals surface area contributed by atoms with Crippen LogP contribution in [0.3, 0.4) is 0 Å². The van der Waals surface area contributed by atoms with Crippen molar-refractivity contribution in [2.24, 2.45) is 13.0 Å². The van der Waals surface area contributed by atoms with Crippen LogP contribution < -0.4 is 10.9 Å². The summed E-state index contributed by atoms with van der Waals surface area (Å²) in [6.07, 6.45) is 5.34. The van der Waals surface area contributed by atoms with Gasteiger partial charge in [0, 0.05) is 32.7 Å². The van der Waals surface area contributed by atoms with Gasteiger partial charge in [-0.3, -0.25) is 9.69 Å². The molecule has 1 aromatic heterocycles. The molecule has 0 saturated carbocycles. The van der Waals surface area contributed by atoms with Gasteiger partial charge in [-0.1, -0.05) is 37.6 Å². The number of halogens is 1. The normalized spacial score (nSPS) is 12.5. The Morgan fingerprint density at radius 1 is 1.41 bits per heavy atom. The minimum absolute atomic E-state index is 0.166. The number of nitrogens with one attached hydrogen (secondary N) is 1. The molecule has 0 aliphatic carbocycles. The highest BCUT2D eigenvalue weighted by Gasteiger charge is 2.20. The molecule has 0 amide bonds. The first-order valence-corrected chi connectivity index (χ1v) is 7.71. The number of aryl methyl sites for hydroxylation is 1. The molecule has 5 nitrogen and oxygen atoms in total. The van der Waals surface area contributed by atoms with Crippen molar-refractivity contribution in [1.29, 1.82) is 0 Å². The largest absolute Gasteiger partial charge is 0.381 e. The quantitative estimate of drug-likeness (QED) is 0.709. The average molecular weight is 325 g/mol. The Morgan fingerprint density at radius 3 is 2.50 bits per heavy atom. The lowest BCUT2D eigenvalue weighted by molar-refractivity contribution is 0.199. The van der Waals surface area contributed by atoms with Gasteiger partial charge in [0.15, 0.2) is 0 Å². The van der Waals surface area contributed by atoms with Crippen LogP contribution in [0.4, 0.5) is 5.69 Å². The van der Waals surface area contributed by atoms with Gasteiger partial charge in [0.25, 0.3) is 5.56 Å². The number of nitrogens with zero attached hydrogens (tertiary/aromatic N) is 3. The van der Waals surface area contributed by atoms with Crippen molar-refractivity contribution in [2.75, 3.05) is 25.0 Å². The highest BCUT2D eigenvalue weighted by Crippen LogP contribution is 2.17. The molecule has 0 spiro atoms. The summed E-state index contributed by atoms with van der Waals surface area (Å²) in [5.41, 5.74) is 0.259. The smallest absolute Gasteiger partial charge is 0.287 e. The third-order valence-electron chi connectivity index (χ3n) is 3.55. The van der Waals surface area contributed by atoms with Crippen LogP contribution in [0.15, 0.2) is 36.3 Å². The Kier molecular flexibility index (Phi) is 7.35. The summed E-state index contributed by atoms with van der Waals surface area (Å²) in [5.74, 6) is 0.422. The Hall–Kier alpha value is -1.59. The lowest BCUT2D eigenvalue weighted by Gasteiger charge is -2.33. The van der Waals surface area contributed by atoms with Crippen molar-refractivity contribution in [2.45, 2.75) is 19.9 Å². The second-order valence-electron chi connectivity index (χ2n) is 5.52. The van der Waals surface area contributed by atoms with Crippen LogP contribution in [-0.2, 0) is 7.05 Å². The van der Waals surface area contributed by atoms with Gasteiger partial charge in [-0.15, -0.1) is 13.2 Å². The van der Waals surface area contributed by atoms with Crippen molar-refractivity contribution in [3.8, 4) is 0 Å². The second-order valence-corrected chi connectivity index (χ2v) is 5.90. The summed E-state index contributed by atoms with van der Waals surface area (Å²) < 4.78 is 1.22. The summed E-state index contributed by atoms with van der Waals surface area (Å²) in [5, 5.41) is 7.40. The number of rotatable bonds is 9. The molecule has 6 heteroatoms. The zero-order chi connectivity index (χ0) is 16.7. The van der Waals surface area contributed by atoms with Gasteiger partial charge in [-0.2, -0.15) is 5.10 Å². The van der Waals surface area contributed by atoms with Gasteiger partial charge in [0.2, 0.25) is 0 Å². The van der Waals surface area contributed by atoms with Gasteiger partial charge in [-0.25, -0.2) is 4.68 Å². The van der Waals surface area contributed by atoms with Gasteiger partial charge in [-0.05, 0) is 5.92 Å². The van der Waals surface area contributed by atoms with Gasteiger partial charge in [0.05, 0.1) is 11.9 Å². The van der Waals surface area contributed by atoms with Crippen LogP contribution in [0.2, 0.25) is 5.02 Å². The zero-order valence-corrected chi connectivity index (χ0v) is 14.3. The Balaban J connectivity index is 2.88. The first-order chi connectivity index (χ1) is 10.4. The van der Waals surface area contributed by atoms with E-state index in [9.17, 15) is 4.79 Å². The number of anilines is 1. The molecule has 1 rings (SSSR count). The molecule has 1 atom stereocenters. The SMILES string of the molecule is C=CCN(CC=C)C(CNc1cnn(C)c(=O)c1Cl)C(C)C. The molecule has 0 fully saturated rings. The molecule has 0 aliphatic rings. The summed E-state index contributed by atoms with van der Waals surface area (Å²) in [4.78, 5) is 14.1. The van der Waals surface area contributed by atoms with E-state index in [1.54, 1.807) is 13.2 Å². The van der Waals surface area contributed by atoms with Crippen molar-refractivity contribution in [3.05, 3.63) is 46.9 Å². The van der Waals surface area contributed by atoms with E-state index in [0.29, 0.717) is 18.2 Å². The molecule has 0 aromatic carbocycles. The minimum Gasteiger partial charge on any atom is -0.381 e. The molecule has 1 unspecified atom stereocenters. The molecule has 0 bridgehead atoms. The summed E-state index contributed by atoms with van der Waals surface area (Å²) in [6, 6.07) is 0.260. The third kappa shape index (κ3) is 4.71. The number of aromatic nitrogens is 2. The van der Waals surface area contributed by atoms with E-state index in [1.807, 2.05) is 12.2 Å². The van der Waals surface area contributed by atoms with E-state index in [4.69, 9.17) is 11.6 Å². The van der Waals surface area contributed by atoms with E-state index in [1.165, 1.54) is 4.68 Å². The zero-order valence-electron chi connectivity index (χ0n) is 13.6. The summed E-state index contributed by atoms with van der Waals surface area (Å²) >= 11 is 6.08. The highest BCUT2D eigenvalue weighted by molar-refractivity contribution is 6.32. The molecule has 0 saturated heterocycles. The molecule has 1 heterocycles. The molecule has 0 aliphatic heterocycles. The molecule has 1 aromatic rings. The fraction of sp³-hybridized carbons (Fsp3) is 0.500. The standard InChI is InChI=1S/C16H25ClN4O/c1-6-8-21(9-7-2)14(12(3)4)11-18-13-10-19-20(5)16(22)15(13)17/h6-7,10,12,14,18H,1-2,8-9,11H2,3-5H3. The van der Waals surface area contributed by atoms with Crippen molar-refractivity contribution >= 4 is 17.3 Å². The fourth-order valence-electron chi connectivity index (χ4n) is 2.31. The average Bonchev–Trinajstić information content (AvgIpc) is 2.47. The van der Waals surface area contributed by atoms with E-state index >= 15 is 0 Å². The van der Waals surface area contributed by atoms with Gasteiger partial charge < -0.3 is 5.32 Å². The van der Waals surface area contributed by atoms with Crippen molar-refractivity contribution < 1.29 is 0 Å². The molecule has 1 N–H and O–H groups in total. The second kappa shape index (κ2) is 8.76. The van der Waals surface area contributed by atoms with Crippen molar-refractivity contribution in [3.63, 3.8) is 0 Å². The Morgan fingerprint density at radius 2 is 2.00 bits per heavy atom. The van der Waals surface area contributed by atoms with Crippen LogP contribution in [0.1, 0.15) is 13.8 Å². The topological polar surface area (TPSA) is 50.2 Å². The first kappa shape index (κ1) is 18.5. The van der Waals surface area contributed by atoms with Gasteiger partial charge in [0.1, 0.15) is 5.02 Å². The van der Waals surface area contributed by atoms with Crippen LogP contribution in [0.5, 0.6) is 0 Å².